The monoisotopic (exact) mass is 297 g/mol. The Kier molecular flexibility index (Phi) is 6.30. The Morgan fingerprint density at radius 3 is 2.60 bits per heavy atom. The van der Waals surface area contributed by atoms with Gasteiger partial charge in [0.05, 0.1) is 19.3 Å². The van der Waals surface area contributed by atoms with Crippen LogP contribution in [0.25, 0.3) is 0 Å². The second kappa shape index (κ2) is 7.99. The Labute approximate surface area is 126 Å². The van der Waals surface area contributed by atoms with Crippen LogP contribution in [-0.2, 0) is 11.3 Å². The predicted octanol–water partition coefficient (Wildman–Crippen LogP) is 2.95. The highest BCUT2D eigenvalue weighted by atomic mass is 35.5. The van der Waals surface area contributed by atoms with Crippen molar-refractivity contribution in [2.24, 2.45) is 5.92 Å². The van der Waals surface area contributed by atoms with Gasteiger partial charge in [0.25, 0.3) is 0 Å². The lowest BCUT2D eigenvalue weighted by Crippen LogP contribution is -2.39. The van der Waals surface area contributed by atoms with Crippen LogP contribution in [0.15, 0.2) is 24.3 Å². The van der Waals surface area contributed by atoms with Crippen molar-refractivity contribution in [2.45, 2.75) is 32.5 Å². The molecule has 112 valence electrons. The second-order valence-corrected chi connectivity index (χ2v) is 6.21. The molecule has 3 nitrogen and oxygen atoms in total. The van der Waals surface area contributed by atoms with Crippen molar-refractivity contribution in [2.75, 3.05) is 26.2 Å². The largest absolute Gasteiger partial charge is 0.389 e. The molecule has 0 aliphatic carbocycles. The molecule has 0 saturated carbocycles. The third-order valence-electron chi connectivity index (χ3n) is 3.84. The number of rotatable bonds is 6. The van der Waals surface area contributed by atoms with E-state index in [1.54, 1.807) is 0 Å². The summed E-state index contributed by atoms with van der Waals surface area (Å²) in [6.45, 7) is 6.10. The molecule has 0 amide bonds. The summed E-state index contributed by atoms with van der Waals surface area (Å²) < 4.78 is 5.56. The molecule has 0 spiro atoms. The smallest absolute Gasteiger partial charge is 0.0900 e. The number of nitrogens with zero attached hydrogens (tertiary/aromatic N) is 1. The van der Waals surface area contributed by atoms with Crippen molar-refractivity contribution in [1.82, 2.24) is 4.90 Å². The fraction of sp³-hybridized carbons (Fsp3) is 0.625. The minimum Gasteiger partial charge on any atom is -0.389 e. The first-order valence-corrected chi connectivity index (χ1v) is 7.74. The molecule has 1 aliphatic rings. The first kappa shape index (κ1) is 15.8. The number of halogens is 1. The van der Waals surface area contributed by atoms with E-state index in [9.17, 15) is 5.11 Å². The standard InChI is InChI=1S/C16H24ClNO2/c1-13-6-8-18(9-7-13)10-16(19)12-20-11-14-2-4-15(17)5-3-14/h2-5,13,16,19H,6-12H2,1H3/t16-/m1/s1. The van der Waals surface area contributed by atoms with Crippen LogP contribution >= 0.6 is 11.6 Å². The zero-order valence-corrected chi connectivity index (χ0v) is 12.9. The van der Waals surface area contributed by atoms with E-state index in [0.717, 1.165) is 29.6 Å². The quantitative estimate of drug-likeness (QED) is 0.876. The Morgan fingerprint density at radius 2 is 1.95 bits per heavy atom. The first-order chi connectivity index (χ1) is 9.63. The molecular formula is C16H24ClNO2. The summed E-state index contributed by atoms with van der Waals surface area (Å²) in [7, 11) is 0. The highest BCUT2D eigenvalue weighted by Crippen LogP contribution is 2.16. The van der Waals surface area contributed by atoms with E-state index in [2.05, 4.69) is 11.8 Å². The molecule has 1 aliphatic heterocycles. The predicted molar refractivity (Wildman–Crippen MR) is 82.0 cm³/mol. The van der Waals surface area contributed by atoms with Gasteiger partial charge in [0, 0.05) is 11.6 Å². The number of piperidine rings is 1. The molecule has 0 bridgehead atoms. The summed E-state index contributed by atoms with van der Waals surface area (Å²) in [5.41, 5.74) is 1.08. The third kappa shape index (κ3) is 5.41. The van der Waals surface area contributed by atoms with Crippen molar-refractivity contribution >= 4 is 11.6 Å². The van der Waals surface area contributed by atoms with Crippen molar-refractivity contribution in [3.8, 4) is 0 Å². The van der Waals surface area contributed by atoms with Crippen LogP contribution in [0, 0.1) is 5.92 Å². The van der Waals surface area contributed by atoms with Gasteiger partial charge in [-0.1, -0.05) is 30.7 Å². The van der Waals surface area contributed by atoms with Crippen LogP contribution in [0.2, 0.25) is 5.02 Å². The van der Waals surface area contributed by atoms with Crippen molar-refractivity contribution in [3.63, 3.8) is 0 Å². The van der Waals surface area contributed by atoms with Gasteiger partial charge in [-0.15, -0.1) is 0 Å². The van der Waals surface area contributed by atoms with Gasteiger partial charge in [0.2, 0.25) is 0 Å². The molecular weight excluding hydrogens is 274 g/mol. The van der Waals surface area contributed by atoms with Crippen molar-refractivity contribution in [1.29, 1.82) is 0 Å². The minimum absolute atomic E-state index is 0.384. The lowest BCUT2D eigenvalue weighted by Gasteiger charge is -2.31. The van der Waals surface area contributed by atoms with Crippen LogP contribution in [0.5, 0.6) is 0 Å². The van der Waals surface area contributed by atoms with Gasteiger partial charge in [-0.05, 0) is 49.5 Å². The molecule has 0 unspecified atom stereocenters. The van der Waals surface area contributed by atoms with E-state index < -0.39 is 6.10 Å². The molecule has 1 N–H and O–H groups in total. The normalized spacial score (nSPS) is 19.1. The molecule has 1 fully saturated rings. The molecule has 1 aromatic rings. The zero-order chi connectivity index (χ0) is 14.4. The molecule has 2 rings (SSSR count). The molecule has 20 heavy (non-hydrogen) atoms. The summed E-state index contributed by atoms with van der Waals surface area (Å²) in [5.74, 6) is 0.824. The molecule has 1 heterocycles. The number of likely N-dealkylation sites (tertiary alicyclic amines) is 1. The summed E-state index contributed by atoms with van der Waals surface area (Å²) in [6.07, 6.45) is 2.06. The van der Waals surface area contributed by atoms with Crippen LogP contribution in [0.4, 0.5) is 0 Å². The van der Waals surface area contributed by atoms with Crippen LogP contribution < -0.4 is 0 Å². The fourth-order valence-electron chi connectivity index (χ4n) is 2.49. The molecule has 0 aromatic heterocycles. The average molecular weight is 298 g/mol. The lowest BCUT2D eigenvalue weighted by molar-refractivity contribution is 0.00497. The van der Waals surface area contributed by atoms with E-state index in [0.29, 0.717) is 19.8 Å². The van der Waals surface area contributed by atoms with Gasteiger partial charge in [0.1, 0.15) is 0 Å². The molecule has 1 atom stereocenters. The number of aliphatic hydroxyl groups is 1. The number of hydrogen-bond acceptors (Lipinski definition) is 3. The van der Waals surface area contributed by atoms with Gasteiger partial charge < -0.3 is 14.7 Å². The van der Waals surface area contributed by atoms with Crippen LogP contribution in [0.1, 0.15) is 25.3 Å². The summed E-state index contributed by atoms with van der Waals surface area (Å²) in [4.78, 5) is 2.33. The molecule has 1 saturated heterocycles. The SMILES string of the molecule is CC1CCN(C[C@@H](O)COCc2ccc(Cl)cc2)CC1. The number of benzene rings is 1. The van der Waals surface area contributed by atoms with E-state index in [4.69, 9.17) is 16.3 Å². The maximum Gasteiger partial charge on any atom is 0.0900 e. The fourth-order valence-corrected chi connectivity index (χ4v) is 2.61. The van der Waals surface area contributed by atoms with E-state index in [1.807, 2.05) is 24.3 Å². The molecule has 4 heteroatoms. The molecule has 0 radical (unpaired) electrons. The average Bonchev–Trinajstić information content (AvgIpc) is 2.44. The van der Waals surface area contributed by atoms with Crippen molar-refractivity contribution in [3.05, 3.63) is 34.9 Å². The maximum absolute atomic E-state index is 10.0. The number of aliphatic hydroxyl groups excluding tert-OH is 1. The lowest BCUT2D eigenvalue weighted by atomic mass is 9.99. The summed E-state index contributed by atoms with van der Waals surface area (Å²) >= 11 is 5.83. The minimum atomic E-state index is -0.407. The van der Waals surface area contributed by atoms with Crippen molar-refractivity contribution < 1.29 is 9.84 Å². The van der Waals surface area contributed by atoms with Gasteiger partial charge in [0.15, 0.2) is 0 Å². The maximum atomic E-state index is 10.0. The highest BCUT2D eigenvalue weighted by Gasteiger charge is 2.18. The number of β-amino-alcohol motifs (C(OH)–C–C–N with tert-alkyl or cyclic N) is 1. The summed E-state index contributed by atoms with van der Waals surface area (Å²) in [5, 5.41) is 10.7. The van der Waals surface area contributed by atoms with Crippen LogP contribution in [0.3, 0.4) is 0 Å². The van der Waals surface area contributed by atoms with E-state index in [-0.39, 0.29) is 0 Å². The van der Waals surface area contributed by atoms with E-state index >= 15 is 0 Å². The Bertz CT molecular complexity index is 388. The van der Waals surface area contributed by atoms with Gasteiger partial charge in [-0.3, -0.25) is 0 Å². The first-order valence-electron chi connectivity index (χ1n) is 7.36. The Hall–Kier alpha value is -0.610. The number of hydrogen-bond donors (Lipinski definition) is 1. The topological polar surface area (TPSA) is 32.7 Å². The highest BCUT2D eigenvalue weighted by molar-refractivity contribution is 6.30. The Balaban J connectivity index is 1.62. The van der Waals surface area contributed by atoms with Gasteiger partial charge >= 0.3 is 0 Å². The third-order valence-corrected chi connectivity index (χ3v) is 4.09. The van der Waals surface area contributed by atoms with E-state index in [1.165, 1.54) is 12.8 Å². The summed E-state index contributed by atoms with van der Waals surface area (Å²) in [6, 6.07) is 7.60. The second-order valence-electron chi connectivity index (χ2n) is 5.78. The zero-order valence-electron chi connectivity index (χ0n) is 12.1. The van der Waals surface area contributed by atoms with Gasteiger partial charge in [-0.2, -0.15) is 0 Å². The Morgan fingerprint density at radius 1 is 1.30 bits per heavy atom. The van der Waals surface area contributed by atoms with Gasteiger partial charge in [-0.25, -0.2) is 0 Å². The van der Waals surface area contributed by atoms with Crippen LogP contribution in [-0.4, -0.2) is 42.4 Å². The number of ether oxygens (including phenoxy) is 1. The molecule has 1 aromatic carbocycles.